The molecule has 0 saturated heterocycles. The molecule has 4 nitrogen and oxygen atoms in total. The van der Waals surface area contributed by atoms with Gasteiger partial charge in [0.25, 0.3) is 0 Å². The van der Waals surface area contributed by atoms with E-state index in [1.165, 1.54) is 0 Å². The third-order valence-corrected chi connectivity index (χ3v) is 3.24. The van der Waals surface area contributed by atoms with Crippen molar-refractivity contribution < 1.29 is 0 Å². The molecule has 0 unspecified atom stereocenters. The normalized spacial score (nSPS) is 11.2. The predicted octanol–water partition coefficient (Wildman–Crippen LogP) is 3.17. The molecule has 0 spiro atoms. The molecule has 0 aliphatic heterocycles. The Balaban J connectivity index is 2.03. The number of rotatable bonds is 1. The molecule has 4 aromatic heterocycles. The molecule has 4 heterocycles. The minimum absolute atomic E-state index is 0.929. The molecule has 90 valence electrons. The second-order valence-corrected chi connectivity index (χ2v) is 4.40. The largest absolute Gasteiger partial charge is 0.352 e. The number of hydrogen-bond donors (Lipinski definition) is 1. The number of aromatic nitrogens is 4. The number of hydrogen-bond acceptors (Lipinski definition) is 3. The van der Waals surface area contributed by atoms with Gasteiger partial charge in [0, 0.05) is 34.9 Å². The summed E-state index contributed by atoms with van der Waals surface area (Å²) in [4.78, 5) is 16.1. The second kappa shape index (κ2) is 3.88. The molecular formula is C15H10N4. The first-order valence-electron chi connectivity index (χ1n) is 6.04. The Hall–Kier alpha value is -2.75. The van der Waals surface area contributed by atoms with Crippen LogP contribution in [0.2, 0.25) is 0 Å². The maximum atomic E-state index is 4.48. The van der Waals surface area contributed by atoms with Crippen molar-refractivity contribution in [3.8, 4) is 11.3 Å². The van der Waals surface area contributed by atoms with Crippen molar-refractivity contribution in [2.45, 2.75) is 0 Å². The second-order valence-electron chi connectivity index (χ2n) is 4.40. The highest BCUT2D eigenvalue weighted by Crippen LogP contribution is 2.27. The molecule has 4 heteroatoms. The highest BCUT2D eigenvalue weighted by Gasteiger charge is 2.06. The van der Waals surface area contributed by atoms with Crippen molar-refractivity contribution in [2.75, 3.05) is 0 Å². The minimum atomic E-state index is 0.929. The van der Waals surface area contributed by atoms with Crippen LogP contribution in [0.5, 0.6) is 0 Å². The minimum Gasteiger partial charge on any atom is -0.352 e. The van der Waals surface area contributed by atoms with E-state index in [0.29, 0.717) is 0 Å². The van der Waals surface area contributed by atoms with Crippen molar-refractivity contribution in [1.29, 1.82) is 0 Å². The fraction of sp³-hybridized carbons (Fsp3) is 0. The number of nitrogens with one attached hydrogen (secondary N) is 1. The van der Waals surface area contributed by atoms with Gasteiger partial charge in [-0.05, 0) is 24.3 Å². The molecule has 0 atom stereocenters. The average Bonchev–Trinajstić information content (AvgIpc) is 2.86. The molecule has 0 fully saturated rings. The highest BCUT2D eigenvalue weighted by atomic mass is 14.8. The molecule has 0 saturated carbocycles. The standard InChI is InChI=1S/C15H10N4/c1-2-10(7-16-4-1)13-6-12-11-3-5-17-8-14(11)19-15(12)9-18-13/h1-9,19H. The van der Waals surface area contributed by atoms with Gasteiger partial charge in [0.05, 0.1) is 29.1 Å². The molecule has 0 aliphatic rings. The monoisotopic (exact) mass is 246 g/mol. The predicted molar refractivity (Wildman–Crippen MR) is 74.6 cm³/mol. The molecule has 19 heavy (non-hydrogen) atoms. The fourth-order valence-corrected chi connectivity index (χ4v) is 2.32. The van der Waals surface area contributed by atoms with Crippen LogP contribution in [-0.2, 0) is 0 Å². The van der Waals surface area contributed by atoms with Gasteiger partial charge in [-0.25, -0.2) is 0 Å². The van der Waals surface area contributed by atoms with Gasteiger partial charge >= 0.3 is 0 Å². The van der Waals surface area contributed by atoms with E-state index in [4.69, 9.17) is 0 Å². The smallest absolute Gasteiger partial charge is 0.0725 e. The Bertz CT molecular complexity index is 865. The van der Waals surface area contributed by atoms with Crippen LogP contribution in [0.1, 0.15) is 0 Å². The van der Waals surface area contributed by atoms with Gasteiger partial charge < -0.3 is 4.98 Å². The van der Waals surface area contributed by atoms with E-state index in [1.807, 2.05) is 36.8 Å². The van der Waals surface area contributed by atoms with E-state index in [9.17, 15) is 0 Å². The lowest BCUT2D eigenvalue weighted by Crippen LogP contribution is -1.83. The molecule has 0 amide bonds. The van der Waals surface area contributed by atoms with E-state index in [0.717, 1.165) is 33.1 Å². The van der Waals surface area contributed by atoms with Gasteiger partial charge in [-0.15, -0.1) is 0 Å². The van der Waals surface area contributed by atoms with Crippen LogP contribution in [0, 0.1) is 0 Å². The summed E-state index contributed by atoms with van der Waals surface area (Å²) in [6.45, 7) is 0. The maximum absolute atomic E-state index is 4.48. The summed E-state index contributed by atoms with van der Waals surface area (Å²) in [5, 5.41) is 2.32. The third-order valence-electron chi connectivity index (χ3n) is 3.24. The topological polar surface area (TPSA) is 54.5 Å². The molecule has 0 radical (unpaired) electrons. The summed E-state index contributed by atoms with van der Waals surface area (Å²) in [5.74, 6) is 0. The molecule has 0 aliphatic carbocycles. The van der Waals surface area contributed by atoms with E-state index in [-0.39, 0.29) is 0 Å². The van der Waals surface area contributed by atoms with Crippen molar-refractivity contribution in [1.82, 2.24) is 19.9 Å². The van der Waals surface area contributed by atoms with Crippen LogP contribution in [0.4, 0.5) is 0 Å². The van der Waals surface area contributed by atoms with Crippen LogP contribution >= 0.6 is 0 Å². The first kappa shape index (κ1) is 10.2. The van der Waals surface area contributed by atoms with Gasteiger partial charge in [0.15, 0.2) is 0 Å². The first-order valence-corrected chi connectivity index (χ1v) is 6.04. The van der Waals surface area contributed by atoms with Crippen LogP contribution < -0.4 is 0 Å². The summed E-state index contributed by atoms with van der Waals surface area (Å²) in [5.41, 5.74) is 4.00. The average molecular weight is 246 g/mol. The summed E-state index contributed by atoms with van der Waals surface area (Å²) in [7, 11) is 0. The highest BCUT2D eigenvalue weighted by molar-refractivity contribution is 6.07. The van der Waals surface area contributed by atoms with Gasteiger partial charge in [0.2, 0.25) is 0 Å². The van der Waals surface area contributed by atoms with Gasteiger partial charge in [-0.1, -0.05) is 0 Å². The van der Waals surface area contributed by atoms with Crippen LogP contribution in [0.3, 0.4) is 0 Å². The zero-order valence-corrected chi connectivity index (χ0v) is 10.0. The Morgan fingerprint density at radius 2 is 1.74 bits per heavy atom. The number of fused-ring (bicyclic) bond motifs is 3. The molecule has 1 N–H and O–H groups in total. The molecule has 4 rings (SSSR count). The Labute approximate surface area is 109 Å². The van der Waals surface area contributed by atoms with E-state index < -0.39 is 0 Å². The van der Waals surface area contributed by atoms with Crippen LogP contribution in [-0.4, -0.2) is 19.9 Å². The van der Waals surface area contributed by atoms with Gasteiger partial charge in [-0.2, -0.15) is 0 Å². The van der Waals surface area contributed by atoms with E-state index in [2.05, 4.69) is 26.0 Å². The third kappa shape index (κ3) is 1.57. The van der Waals surface area contributed by atoms with Crippen LogP contribution in [0.25, 0.3) is 33.1 Å². The molecule has 0 aromatic carbocycles. The maximum Gasteiger partial charge on any atom is 0.0725 e. The summed E-state index contributed by atoms with van der Waals surface area (Å²) >= 11 is 0. The van der Waals surface area contributed by atoms with E-state index >= 15 is 0 Å². The number of pyridine rings is 3. The Morgan fingerprint density at radius 3 is 2.63 bits per heavy atom. The fourth-order valence-electron chi connectivity index (χ4n) is 2.32. The van der Waals surface area contributed by atoms with E-state index in [1.54, 1.807) is 12.4 Å². The molecule has 0 bridgehead atoms. The first-order chi connectivity index (χ1) is 9.42. The quantitative estimate of drug-likeness (QED) is 0.561. The summed E-state index contributed by atoms with van der Waals surface area (Å²) in [6.07, 6.45) is 9.08. The lowest BCUT2D eigenvalue weighted by Gasteiger charge is -1.99. The summed E-state index contributed by atoms with van der Waals surface area (Å²) < 4.78 is 0. The summed E-state index contributed by atoms with van der Waals surface area (Å²) in [6, 6.07) is 8.03. The van der Waals surface area contributed by atoms with Crippen molar-refractivity contribution in [3.63, 3.8) is 0 Å². The zero-order valence-electron chi connectivity index (χ0n) is 10.0. The van der Waals surface area contributed by atoms with Gasteiger partial charge in [0.1, 0.15) is 0 Å². The molecular weight excluding hydrogens is 236 g/mol. The SMILES string of the molecule is c1cncc(-c2cc3c(cn2)[nH]c2cnccc23)c1. The van der Waals surface area contributed by atoms with Crippen molar-refractivity contribution in [3.05, 3.63) is 55.2 Å². The number of H-pyrrole nitrogens is 1. The number of aromatic amines is 1. The number of nitrogens with zero attached hydrogens (tertiary/aromatic N) is 3. The van der Waals surface area contributed by atoms with Crippen molar-refractivity contribution >= 4 is 21.8 Å². The lowest BCUT2D eigenvalue weighted by atomic mass is 10.1. The Kier molecular flexibility index (Phi) is 2.08. The van der Waals surface area contributed by atoms with Crippen LogP contribution in [0.15, 0.2) is 55.2 Å². The molecule has 4 aromatic rings. The Morgan fingerprint density at radius 1 is 0.842 bits per heavy atom. The van der Waals surface area contributed by atoms with Gasteiger partial charge in [-0.3, -0.25) is 15.0 Å². The lowest BCUT2D eigenvalue weighted by molar-refractivity contribution is 1.29. The van der Waals surface area contributed by atoms with Crippen molar-refractivity contribution in [2.24, 2.45) is 0 Å². The zero-order chi connectivity index (χ0) is 12.7.